The molecule has 0 aliphatic rings. The summed E-state index contributed by atoms with van der Waals surface area (Å²) in [5.74, 6) is -0.512. The highest BCUT2D eigenvalue weighted by molar-refractivity contribution is 7.99. The fourth-order valence-electron chi connectivity index (χ4n) is 2.14. The van der Waals surface area contributed by atoms with Crippen molar-refractivity contribution in [3.8, 4) is 5.69 Å². The van der Waals surface area contributed by atoms with E-state index in [0.717, 1.165) is 35.3 Å². The summed E-state index contributed by atoms with van der Waals surface area (Å²) >= 11 is 1.02. The summed E-state index contributed by atoms with van der Waals surface area (Å²) in [5, 5.41) is 4.45. The Kier molecular flexibility index (Phi) is 5.80. The lowest BCUT2D eigenvalue weighted by molar-refractivity contribution is -0.141. The minimum atomic E-state index is -4.43. The Morgan fingerprint density at radius 3 is 2.52 bits per heavy atom. The molecule has 3 rings (SSSR count). The zero-order chi connectivity index (χ0) is 19.3. The monoisotopic (exact) mass is 393 g/mol. The number of benzene rings is 1. The van der Waals surface area contributed by atoms with Gasteiger partial charge in [0.1, 0.15) is 6.61 Å². The van der Waals surface area contributed by atoms with Crippen LogP contribution in [0.3, 0.4) is 0 Å². The van der Waals surface area contributed by atoms with E-state index in [9.17, 15) is 18.0 Å². The van der Waals surface area contributed by atoms with E-state index in [0.29, 0.717) is 5.03 Å². The van der Waals surface area contributed by atoms with Gasteiger partial charge in [0.15, 0.2) is 0 Å². The summed E-state index contributed by atoms with van der Waals surface area (Å²) in [5.41, 5.74) is 0.879. The first kappa shape index (κ1) is 19.0. The first-order valence-corrected chi connectivity index (χ1v) is 8.81. The standard InChI is InChI=1S/C18H14F3N3O2S/c19-18(20,21)14-4-7-16(22-10-14)27-12-17(25)26-11-13-2-5-15(6-3-13)24-9-1-8-23-24/h1-10H,11-12H2. The molecule has 0 amide bonds. The molecule has 0 spiro atoms. The summed E-state index contributed by atoms with van der Waals surface area (Å²) in [6.07, 6.45) is -0.183. The van der Waals surface area contributed by atoms with Crippen molar-refractivity contribution in [1.29, 1.82) is 0 Å². The molecule has 0 fully saturated rings. The lowest BCUT2D eigenvalue weighted by atomic mass is 10.2. The number of pyridine rings is 1. The molecule has 0 unspecified atom stereocenters. The second kappa shape index (κ2) is 8.26. The van der Waals surface area contributed by atoms with Gasteiger partial charge in [-0.1, -0.05) is 23.9 Å². The van der Waals surface area contributed by atoms with Gasteiger partial charge in [-0.15, -0.1) is 0 Å². The van der Waals surface area contributed by atoms with Gasteiger partial charge in [0.25, 0.3) is 0 Å². The normalized spacial score (nSPS) is 11.4. The van der Waals surface area contributed by atoms with E-state index in [1.165, 1.54) is 6.07 Å². The molecule has 1 aromatic carbocycles. The zero-order valence-corrected chi connectivity index (χ0v) is 14.7. The number of rotatable bonds is 6. The van der Waals surface area contributed by atoms with Crippen LogP contribution >= 0.6 is 11.8 Å². The summed E-state index contributed by atoms with van der Waals surface area (Å²) in [4.78, 5) is 15.5. The maximum Gasteiger partial charge on any atom is 0.417 e. The van der Waals surface area contributed by atoms with E-state index >= 15 is 0 Å². The predicted octanol–water partition coefficient (Wildman–Crippen LogP) is 4.12. The Morgan fingerprint density at radius 1 is 1.15 bits per heavy atom. The van der Waals surface area contributed by atoms with Crippen molar-refractivity contribution in [2.24, 2.45) is 0 Å². The molecule has 0 aliphatic carbocycles. The number of aromatic nitrogens is 3. The van der Waals surface area contributed by atoms with Crippen LogP contribution < -0.4 is 0 Å². The Hall–Kier alpha value is -2.81. The minimum absolute atomic E-state index is 0.0380. The second-order valence-corrected chi connectivity index (χ2v) is 6.44. The molecule has 0 N–H and O–H groups in total. The molecule has 0 bridgehead atoms. The van der Waals surface area contributed by atoms with E-state index < -0.39 is 17.7 Å². The summed E-state index contributed by atoms with van der Waals surface area (Å²) < 4.78 is 44.3. The van der Waals surface area contributed by atoms with Crippen LogP contribution in [0.2, 0.25) is 0 Å². The quantitative estimate of drug-likeness (QED) is 0.466. The highest BCUT2D eigenvalue weighted by Crippen LogP contribution is 2.29. The number of ether oxygens (including phenoxy) is 1. The van der Waals surface area contributed by atoms with Crippen molar-refractivity contribution >= 4 is 17.7 Å². The molecule has 140 valence electrons. The molecule has 0 atom stereocenters. The zero-order valence-electron chi connectivity index (χ0n) is 13.9. The Labute approximate surface area is 157 Å². The van der Waals surface area contributed by atoms with E-state index in [1.54, 1.807) is 10.9 Å². The summed E-state index contributed by atoms with van der Waals surface area (Å²) in [6.45, 7) is 0.110. The first-order chi connectivity index (χ1) is 12.9. The molecule has 2 aromatic heterocycles. The van der Waals surface area contributed by atoms with Crippen molar-refractivity contribution in [2.75, 3.05) is 5.75 Å². The number of hydrogen-bond donors (Lipinski definition) is 0. The summed E-state index contributed by atoms with van der Waals surface area (Å²) in [6, 6.07) is 11.4. The van der Waals surface area contributed by atoms with Gasteiger partial charge >= 0.3 is 12.1 Å². The number of carbonyl (C=O) groups is 1. The molecule has 5 nitrogen and oxygen atoms in total. The summed E-state index contributed by atoms with van der Waals surface area (Å²) in [7, 11) is 0. The van der Waals surface area contributed by atoms with Gasteiger partial charge in [-0.25, -0.2) is 9.67 Å². The number of alkyl halides is 3. The van der Waals surface area contributed by atoms with Gasteiger partial charge in [0, 0.05) is 18.6 Å². The van der Waals surface area contributed by atoms with Crippen molar-refractivity contribution in [3.05, 3.63) is 72.2 Å². The fourth-order valence-corrected chi connectivity index (χ4v) is 2.78. The average Bonchev–Trinajstić information content (AvgIpc) is 3.19. The van der Waals surface area contributed by atoms with Crippen LogP contribution in [-0.2, 0) is 22.3 Å². The van der Waals surface area contributed by atoms with Crippen LogP contribution in [-0.4, -0.2) is 26.5 Å². The molecule has 2 heterocycles. The number of esters is 1. The van der Waals surface area contributed by atoms with Crippen molar-refractivity contribution < 1.29 is 22.7 Å². The molecular weight excluding hydrogens is 379 g/mol. The predicted molar refractivity (Wildman–Crippen MR) is 93.3 cm³/mol. The van der Waals surface area contributed by atoms with Gasteiger partial charge in [0.05, 0.1) is 22.0 Å². The van der Waals surface area contributed by atoms with Gasteiger partial charge in [-0.3, -0.25) is 4.79 Å². The molecule has 27 heavy (non-hydrogen) atoms. The van der Waals surface area contributed by atoms with Gasteiger partial charge in [-0.05, 0) is 35.9 Å². The smallest absolute Gasteiger partial charge is 0.417 e. The number of carbonyl (C=O) groups excluding carboxylic acids is 1. The van der Waals surface area contributed by atoms with Gasteiger partial charge < -0.3 is 4.74 Å². The van der Waals surface area contributed by atoms with E-state index in [4.69, 9.17) is 4.74 Å². The third-order valence-electron chi connectivity index (χ3n) is 3.51. The highest BCUT2D eigenvalue weighted by Gasteiger charge is 2.30. The lowest BCUT2D eigenvalue weighted by Crippen LogP contribution is -2.08. The van der Waals surface area contributed by atoms with Crippen LogP contribution in [0, 0.1) is 0 Å². The van der Waals surface area contributed by atoms with Gasteiger partial charge in [0.2, 0.25) is 0 Å². The molecular formula is C18H14F3N3O2S. The molecule has 0 saturated carbocycles. The van der Waals surface area contributed by atoms with E-state index in [-0.39, 0.29) is 12.4 Å². The Morgan fingerprint density at radius 2 is 1.93 bits per heavy atom. The van der Waals surface area contributed by atoms with E-state index in [1.807, 2.05) is 36.5 Å². The largest absolute Gasteiger partial charge is 0.460 e. The van der Waals surface area contributed by atoms with E-state index in [2.05, 4.69) is 10.1 Å². The maximum atomic E-state index is 12.5. The van der Waals surface area contributed by atoms with Crippen molar-refractivity contribution in [1.82, 2.24) is 14.8 Å². The molecule has 9 heteroatoms. The fraction of sp³-hybridized carbons (Fsp3) is 0.167. The molecule has 0 aliphatic heterocycles. The first-order valence-electron chi connectivity index (χ1n) is 7.82. The van der Waals surface area contributed by atoms with Crippen molar-refractivity contribution in [3.63, 3.8) is 0 Å². The number of thioether (sulfide) groups is 1. The average molecular weight is 393 g/mol. The number of hydrogen-bond acceptors (Lipinski definition) is 5. The van der Waals surface area contributed by atoms with Crippen LogP contribution in [0.25, 0.3) is 5.69 Å². The van der Waals surface area contributed by atoms with Crippen LogP contribution in [0.4, 0.5) is 13.2 Å². The van der Waals surface area contributed by atoms with Gasteiger partial charge in [-0.2, -0.15) is 18.3 Å². The molecule has 0 saturated heterocycles. The Bertz CT molecular complexity index is 880. The third kappa shape index (κ3) is 5.33. The Balaban J connectivity index is 1.46. The van der Waals surface area contributed by atoms with Crippen molar-refractivity contribution in [2.45, 2.75) is 17.8 Å². The molecule has 0 radical (unpaired) electrons. The number of nitrogens with zero attached hydrogens (tertiary/aromatic N) is 3. The van der Waals surface area contributed by atoms with Crippen LogP contribution in [0.15, 0.2) is 66.1 Å². The lowest BCUT2D eigenvalue weighted by Gasteiger charge is -2.07. The second-order valence-electron chi connectivity index (χ2n) is 5.45. The third-order valence-corrected chi connectivity index (χ3v) is 4.42. The highest BCUT2D eigenvalue weighted by atomic mass is 32.2. The SMILES string of the molecule is O=C(CSc1ccc(C(F)(F)F)cn1)OCc1ccc(-n2cccn2)cc1. The van der Waals surface area contributed by atoms with Crippen LogP contribution in [0.1, 0.15) is 11.1 Å². The maximum absolute atomic E-state index is 12.5. The molecule has 3 aromatic rings. The topological polar surface area (TPSA) is 57.0 Å². The number of halogens is 3. The van der Waals surface area contributed by atoms with Crippen LogP contribution in [0.5, 0.6) is 0 Å². The minimum Gasteiger partial charge on any atom is -0.460 e.